The van der Waals surface area contributed by atoms with Crippen LogP contribution in [-0.4, -0.2) is 22.9 Å². The van der Waals surface area contributed by atoms with Crippen molar-refractivity contribution in [2.24, 2.45) is 16.1 Å². The van der Waals surface area contributed by atoms with Gasteiger partial charge in [-0.1, -0.05) is 22.8 Å². The van der Waals surface area contributed by atoms with E-state index in [9.17, 15) is 4.91 Å². The maximum absolute atomic E-state index is 9.84. The van der Waals surface area contributed by atoms with Crippen LogP contribution in [0.5, 0.6) is 0 Å². The highest BCUT2D eigenvalue weighted by atomic mass is 35.5. The summed E-state index contributed by atoms with van der Waals surface area (Å²) in [7, 11) is 1.69. The molecule has 1 aromatic heterocycles. The highest BCUT2D eigenvalue weighted by molar-refractivity contribution is 6.29. The molecule has 7 heteroatoms. The summed E-state index contributed by atoms with van der Waals surface area (Å²) in [4.78, 5) is 15.3. The van der Waals surface area contributed by atoms with E-state index in [1.807, 2.05) is 6.07 Å². The van der Waals surface area contributed by atoms with Gasteiger partial charge in [0.15, 0.2) is 0 Å². The van der Waals surface area contributed by atoms with Crippen molar-refractivity contribution < 1.29 is 0 Å². The van der Waals surface area contributed by atoms with Crippen LogP contribution in [0.25, 0.3) is 0 Å². The molecule has 0 atom stereocenters. The van der Waals surface area contributed by atoms with E-state index in [4.69, 9.17) is 17.3 Å². The van der Waals surface area contributed by atoms with Crippen LogP contribution in [0.1, 0.15) is 5.56 Å². The van der Waals surface area contributed by atoms with Gasteiger partial charge in [-0.3, -0.25) is 0 Å². The van der Waals surface area contributed by atoms with Crippen LogP contribution in [0.15, 0.2) is 28.7 Å². The maximum Gasteiger partial charge on any atom is 0.219 e. The first-order valence-corrected chi connectivity index (χ1v) is 4.48. The van der Waals surface area contributed by atoms with Crippen molar-refractivity contribution in [2.75, 3.05) is 7.05 Å². The molecule has 6 nitrogen and oxygen atoms in total. The number of nitrogens with two attached hydrogens (primary N) is 1. The third-order valence-electron chi connectivity index (χ3n) is 1.74. The van der Waals surface area contributed by atoms with E-state index in [0.717, 1.165) is 5.56 Å². The first-order valence-electron chi connectivity index (χ1n) is 4.11. The number of aromatic nitrogens is 1. The number of halogens is 1. The largest absolute Gasteiger partial charge is 0.368 e. The summed E-state index contributed by atoms with van der Waals surface area (Å²) < 4.78 is 0. The summed E-state index contributed by atoms with van der Waals surface area (Å²) in [5, 5.41) is 5.96. The molecule has 0 saturated carbocycles. The Morgan fingerprint density at radius 2 is 2.40 bits per heavy atom. The Balaban J connectivity index is 2.66. The molecule has 1 aromatic rings. The maximum atomic E-state index is 9.84. The number of hydrogen-bond donors (Lipinski definition) is 1. The van der Waals surface area contributed by atoms with E-state index in [-0.39, 0.29) is 5.96 Å². The molecule has 80 valence electrons. The van der Waals surface area contributed by atoms with Crippen molar-refractivity contribution in [3.63, 3.8) is 0 Å². The fourth-order valence-electron chi connectivity index (χ4n) is 0.973. The molecule has 0 spiro atoms. The molecule has 0 fully saturated rings. The molecule has 0 bridgehead atoms. The van der Waals surface area contributed by atoms with Crippen LogP contribution in [0, 0.1) is 4.91 Å². The van der Waals surface area contributed by atoms with Gasteiger partial charge in [-0.25, -0.2) is 4.98 Å². The van der Waals surface area contributed by atoms with Crippen molar-refractivity contribution in [3.8, 4) is 0 Å². The second-order valence-corrected chi connectivity index (χ2v) is 3.27. The van der Waals surface area contributed by atoms with Crippen LogP contribution < -0.4 is 5.73 Å². The minimum Gasteiger partial charge on any atom is -0.368 e. The quantitative estimate of drug-likeness (QED) is 0.276. The highest BCUT2D eigenvalue weighted by Gasteiger charge is 2.03. The van der Waals surface area contributed by atoms with Gasteiger partial charge >= 0.3 is 0 Å². The topological polar surface area (TPSA) is 83.9 Å². The Bertz CT molecular complexity index is 364. The van der Waals surface area contributed by atoms with Crippen molar-refractivity contribution in [1.82, 2.24) is 9.88 Å². The average Bonchev–Trinajstić information content (AvgIpc) is 2.22. The van der Waals surface area contributed by atoms with Gasteiger partial charge in [0.25, 0.3) is 0 Å². The summed E-state index contributed by atoms with van der Waals surface area (Å²) in [6, 6.07) is 3.49. The van der Waals surface area contributed by atoms with Crippen molar-refractivity contribution >= 4 is 17.6 Å². The van der Waals surface area contributed by atoms with Gasteiger partial charge in [0, 0.05) is 19.8 Å². The Hall–Kier alpha value is -1.69. The predicted molar refractivity (Wildman–Crippen MR) is 58.1 cm³/mol. The van der Waals surface area contributed by atoms with Gasteiger partial charge in [0.05, 0.1) is 5.29 Å². The monoisotopic (exact) mass is 227 g/mol. The molecule has 0 radical (unpaired) electrons. The molecule has 0 aromatic carbocycles. The molecule has 15 heavy (non-hydrogen) atoms. The van der Waals surface area contributed by atoms with Gasteiger partial charge < -0.3 is 10.6 Å². The second-order valence-electron chi connectivity index (χ2n) is 2.89. The van der Waals surface area contributed by atoms with Gasteiger partial charge in [-0.05, 0) is 11.6 Å². The second kappa shape index (κ2) is 5.26. The minimum absolute atomic E-state index is 0.0555. The summed E-state index contributed by atoms with van der Waals surface area (Å²) >= 11 is 5.63. The molecule has 0 aliphatic heterocycles. The fourth-order valence-corrected chi connectivity index (χ4v) is 1.08. The Morgan fingerprint density at radius 1 is 1.67 bits per heavy atom. The number of hydrogen-bond acceptors (Lipinski definition) is 3. The molecule has 2 N–H and O–H groups in total. The van der Waals surface area contributed by atoms with E-state index >= 15 is 0 Å². The lowest BCUT2D eigenvalue weighted by atomic mass is 10.3. The van der Waals surface area contributed by atoms with Crippen LogP contribution in [0.2, 0.25) is 5.15 Å². The molecular formula is C8H10ClN5O. The zero-order chi connectivity index (χ0) is 11.3. The van der Waals surface area contributed by atoms with E-state index in [1.165, 1.54) is 0 Å². The molecular weight excluding hydrogens is 218 g/mol. The molecule has 1 rings (SSSR count). The standard InChI is InChI=1S/C8H10ClN5O/c1-14(8(10)12-13-15)5-6-2-3-7(9)11-4-6/h2-4H,5H2,1H3,(H2,10,12,15). The van der Waals surface area contributed by atoms with E-state index in [0.29, 0.717) is 11.7 Å². The summed E-state index contributed by atoms with van der Waals surface area (Å²) in [6.45, 7) is 0.481. The van der Waals surface area contributed by atoms with Crippen molar-refractivity contribution in [2.45, 2.75) is 6.54 Å². The van der Waals surface area contributed by atoms with Gasteiger partial charge in [-0.15, -0.1) is 4.91 Å². The van der Waals surface area contributed by atoms with Gasteiger partial charge in [0.2, 0.25) is 5.96 Å². The average molecular weight is 228 g/mol. The van der Waals surface area contributed by atoms with Crippen LogP contribution in [0.3, 0.4) is 0 Å². The third-order valence-corrected chi connectivity index (χ3v) is 1.97. The van der Waals surface area contributed by atoms with E-state index in [1.54, 1.807) is 24.2 Å². The molecule has 0 unspecified atom stereocenters. The zero-order valence-electron chi connectivity index (χ0n) is 8.09. The highest BCUT2D eigenvalue weighted by Crippen LogP contribution is 2.06. The molecule has 1 heterocycles. The smallest absolute Gasteiger partial charge is 0.219 e. The van der Waals surface area contributed by atoms with Crippen molar-refractivity contribution in [3.05, 3.63) is 34.0 Å². The minimum atomic E-state index is 0.0555. The van der Waals surface area contributed by atoms with E-state index in [2.05, 4.69) is 15.4 Å². The number of nitroso groups, excluding NO2 is 1. The Morgan fingerprint density at radius 3 is 2.93 bits per heavy atom. The fraction of sp³-hybridized carbons (Fsp3) is 0.250. The number of guanidine groups is 1. The zero-order valence-corrected chi connectivity index (χ0v) is 8.85. The van der Waals surface area contributed by atoms with Crippen molar-refractivity contribution in [1.29, 1.82) is 0 Å². The lowest BCUT2D eigenvalue weighted by Gasteiger charge is -2.16. The van der Waals surface area contributed by atoms with E-state index < -0.39 is 0 Å². The normalized spacial score (nSPS) is 11.2. The number of pyridine rings is 1. The molecule has 0 amide bonds. The van der Waals surface area contributed by atoms with Gasteiger partial charge in [-0.2, -0.15) is 0 Å². The molecule has 0 saturated heterocycles. The van der Waals surface area contributed by atoms with Gasteiger partial charge in [0.1, 0.15) is 5.15 Å². The molecule has 0 aliphatic rings. The number of rotatable bonds is 3. The predicted octanol–water partition coefficient (Wildman–Crippen LogP) is 1.16. The SMILES string of the molecule is CN(Cc1ccc(Cl)nc1)/C(N)=N/N=O. The molecule has 0 aliphatic carbocycles. The Labute approximate surface area is 91.7 Å². The first kappa shape index (κ1) is 11.4. The Kier molecular flexibility index (Phi) is 3.99. The number of nitrogens with zero attached hydrogens (tertiary/aromatic N) is 4. The summed E-state index contributed by atoms with van der Waals surface area (Å²) in [5.74, 6) is 0.0555. The lowest BCUT2D eigenvalue weighted by Crippen LogP contribution is -2.33. The van der Waals surface area contributed by atoms with Crippen LogP contribution in [-0.2, 0) is 6.54 Å². The summed E-state index contributed by atoms with van der Waals surface area (Å²) in [6.07, 6.45) is 1.63. The van der Waals surface area contributed by atoms with Crippen LogP contribution >= 0.6 is 11.6 Å². The summed E-state index contributed by atoms with van der Waals surface area (Å²) in [5.41, 5.74) is 6.35. The lowest BCUT2D eigenvalue weighted by molar-refractivity contribution is 0.491. The first-order chi connectivity index (χ1) is 7.13. The van der Waals surface area contributed by atoms with Crippen LogP contribution in [0.4, 0.5) is 0 Å². The third kappa shape index (κ3) is 3.51.